The van der Waals surface area contributed by atoms with Crippen molar-refractivity contribution in [1.29, 1.82) is 0 Å². The van der Waals surface area contributed by atoms with Crippen LogP contribution in [0.15, 0.2) is 48.7 Å². The number of hydrogen-bond acceptors (Lipinski definition) is 6. The summed E-state index contributed by atoms with van der Waals surface area (Å²) in [6.45, 7) is 2.81. The number of carbonyl (C=O) groups is 2. The van der Waals surface area contributed by atoms with Gasteiger partial charge < -0.3 is 15.1 Å². The van der Waals surface area contributed by atoms with Crippen LogP contribution in [0, 0.1) is 0 Å². The minimum absolute atomic E-state index is 0.00834. The largest absolute Gasteiger partial charge is 0.355 e. The molecule has 1 N–H and O–H groups in total. The van der Waals surface area contributed by atoms with Crippen LogP contribution in [0.1, 0.15) is 15.9 Å². The number of carbonyl (C=O) groups excluding carboxylic acids is 2. The van der Waals surface area contributed by atoms with Crippen LogP contribution in [0.4, 0.5) is 5.13 Å². The first kappa shape index (κ1) is 19.1. The Labute approximate surface area is 172 Å². The molecule has 3 heterocycles. The van der Waals surface area contributed by atoms with Gasteiger partial charge in [-0.15, -0.1) is 0 Å². The van der Waals surface area contributed by atoms with Gasteiger partial charge in [0.25, 0.3) is 5.91 Å². The maximum absolute atomic E-state index is 12.5. The lowest BCUT2D eigenvalue weighted by molar-refractivity contribution is -0.126. The van der Waals surface area contributed by atoms with Crippen molar-refractivity contribution in [1.82, 2.24) is 20.2 Å². The predicted molar refractivity (Wildman–Crippen MR) is 115 cm³/mol. The van der Waals surface area contributed by atoms with E-state index in [9.17, 15) is 9.59 Å². The number of piperazine rings is 1. The summed E-state index contributed by atoms with van der Waals surface area (Å²) in [7, 11) is 1.60. The molecule has 2 amide bonds. The lowest BCUT2D eigenvalue weighted by atomic mass is 10.1. The predicted octanol–water partition coefficient (Wildman–Crippen LogP) is 2.41. The molecule has 7 nitrogen and oxygen atoms in total. The second-order valence-electron chi connectivity index (χ2n) is 6.67. The summed E-state index contributed by atoms with van der Waals surface area (Å²) in [5.74, 6) is -0.135. The Kier molecular flexibility index (Phi) is 5.53. The molecule has 2 aromatic heterocycles. The molecular formula is C21H21N5O2S. The molecule has 4 rings (SSSR count). The smallest absolute Gasteiger partial charge is 0.251 e. The zero-order chi connectivity index (χ0) is 20.2. The third kappa shape index (κ3) is 4.27. The van der Waals surface area contributed by atoms with Crippen molar-refractivity contribution in [3.05, 3.63) is 59.8 Å². The summed E-state index contributed by atoms with van der Waals surface area (Å²) in [6, 6.07) is 11.0. The molecule has 148 valence electrons. The first-order chi connectivity index (χ1) is 14.1. The van der Waals surface area contributed by atoms with Gasteiger partial charge in [-0.05, 0) is 35.9 Å². The van der Waals surface area contributed by atoms with E-state index in [1.807, 2.05) is 29.2 Å². The number of amides is 2. The van der Waals surface area contributed by atoms with E-state index in [4.69, 9.17) is 0 Å². The van der Waals surface area contributed by atoms with Crippen LogP contribution in [0.5, 0.6) is 0 Å². The fourth-order valence-electron chi connectivity index (χ4n) is 3.17. The molecule has 1 aromatic carbocycles. The molecular weight excluding hydrogens is 386 g/mol. The topological polar surface area (TPSA) is 78.4 Å². The Balaban J connectivity index is 1.34. The van der Waals surface area contributed by atoms with Crippen molar-refractivity contribution in [3.8, 4) is 0 Å². The zero-order valence-electron chi connectivity index (χ0n) is 16.0. The number of fused-ring (bicyclic) bond motifs is 1. The molecule has 0 unspecified atom stereocenters. The Bertz CT molecular complexity index is 1020. The fourth-order valence-corrected chi connectivity index (χ4v) is 4.14. The molecule has 0 atom stereocenters. The van der Waals surface area contributed by atoms with Gasteiger partial charge >= 0.3 is 0 Å². The molecule has 1 aliphatic rings. The quantitative estimate of drug-likeness (QED) is 0.672. The standard InChI is InChI=1S/C21H21N5O2S/c1-22-19(28)16-7-4-15(5-8-16)6-9-18(27)25-11-13-26(14-12-25)21-24-17-3-2-10-23-20(17)29-21/h2-10H,11-14H2,1H3,(H,22,28)/b9-6+. The highest BCUT2D eigenvalue weighted by Crippen LogP contribution is 2.27. The van der Waals surface area contributed by atoms with Crippen LogP contribution >= 0.6 is 11.3 Å². The van der Waals surface area contributed by atoms with Crippen molar-refractivity contribution >= 4 is 44.7 Å². The van der Waals surface area contributed by atoms with Gasteiger partial charge in [0.05, 0.1) is 0 Å². The highest BCUT2D eigenvalue weighted by molar-refractivity contribution is 7.21. The fraction of sp³-hybridized carbons (Fsp3) is 0.238. The van der Waals surface area contributed by atoms with Crippen molar-refractivity contribution in [3.63, 3.8) is 0 Å². The van der Waals surface area contributed by atoms with Gasteiger partial charge in [-0.3, -0.25) is 9.59 Å². The van der Waals surface area contributed by atoms with E-state index in [1.54, 1.807) is 48.9 Å². The summed E-state index contributed by atoms with van der Waals surface area (Å²) in [5, 5.41) is 3.54. The summed E-state index contributed by atoms with van der Waals surface area (Å²) >= 11 is 1.58. The number of rotatable bonds is 4. The average molecular weight is 407 g/mol. The molecule has 0 radical (unpaired) electrons. The molecule has 3 aromatic rings. The van der Waals surface area contributed by atoms with Gasteiger partial charge in [0.15, 0.2) is 5.13 Å². The van der Waals surface area contributed by atoms with Gasteiger partial charge in [-0.2, -0.15) is 0 Å². The highest BCUT2D eigenvalue weighted by Gasteiger charge is 2.22. The van der Waals surface area contributed by atoms with Gasteiger partial charge in [0, 0.05) is 51.1 Å². The van der Waals surface area contributed by atoms with Crippen LogP contribution in [-0.4, -0.2) is 59.9 Å². The number of hydrogen-bond donors (Lipinski definition) is 1. The van der Waals surface area contributed by atoms with E-state index in [-0.39, 0.29) is 11.8 Å². The van der Waals surface area contributed by atoms with E-state index < -0.39 is 0 Å². The Morgan fingerprint density at radius 2 is 1.86 bits per heavy atom. The average Bonchev–Trinajstić information content (AvgIpc) is 3.22. The van der Waals surface area contributed by atoms with Crippen molar-refractivity contribution in [2.45, 2.75) is 0 Å². The minimum atomic E-state index is -0.126. The number of nitrogens with zero attached hydrogens (tertiary/aromatic N) is 4. The van der Waals surface area contributed by atoms with Crippen molar-refractivity contribution in [2.24, 2.45) is 0 Å². The number of nitrogens with one attached hydrogen (secondary N) is 1. The molecule has 0 spiro atoms. The molecule has 0 aliphatic carbocycles. The maximum Gasteiger partial charge on any atom is 0.251 e. The third-order valence-corrected chi connectivity index (χ3v) is 5.88. The molecule has 29 heavy (non-hydrogen) atoms. The SMILES string of the molecule is CNC(=O)c1ccc(/C=C/C(=O)N2CCN(c3nc4cccnc4s3)CC2)cc1. The molecule has 0 saturated carbocycles. The molecule has 0 bridgehead atoms. The molecule has 1 fully saturated rings. The summed E-state index contributed by atoms with van der Waals surface area (Å²) < 4.78 is 0. The first-order valence-electron chi connectivity index (χ1n) is 9.40. The summed E-state index contributed by atoms with van der Waals surface area (Å²) in [6.07, 6.45) is 5.15. The second-order valence-corrected chi connectivity index (χ2v) is 7.63. The minimum Gasteiger partial charge on any atom is -0.355 e. The summed E-state index contributed by atoms with van der Waals surface area (Å²) in [4.78, 5) is 38.1. The first-order valence-corrected chi connectivity index (χ1v) is 10.2. The van der Waals surface area contributed by atoms with Crippen molar-refractivity contribution < 1.29 is 9.59 Å². The lowest BCUT2D eigenvalue weighted by Gasteiger charge is -2.34. The molecule has 8 heteroatoms. The number of benzene rings is 1. The van der Waals surface area contributed by atoms with Gasteiger partial charge in [-0.25, -0.2) is 9.97 Å². The van der Waals surface area contributed by atoms with E-state index >= 15 is 0 Å². The van der Waals surface area contributed by atoms with E-state index in [1.165, 1.54) is 0 Å². The number of pyridine rings is 1. The molecule has 1 aliphatic heterocycles. The third-order valence-electron chi connectivity index (χ3n) is 4.84. The van der Waals surface area contributed by atoms with Crippen LogP contribution in [0.3, 0.4) is 0 Å². The van der Waals surface area contributed by atoms with E-state index in [0.29, 0.717) is 18.7 Å². The number of anilines is 1. The number of aromatic nitrogens is 2. The summed E-state index contributed by atoms with van der Waals surface area (Å²) in [5.41, 5.74) is 2.39. The second kappa shape index (κ2) is 8.40. The highest BCUT2D eigenvalue weighted by atomic mass is 32.1. The van der Waals surface area contributed by atoms with Crippen LogP contribution in [0.25, 0.3) is 16.4 Å². The van der Waals surface area contributed by atoms with E-state index in [2.05, 4.69) is 20.2 Å². The number of thiazole rings is 1. The normalized spacial score (nSPS) is 14.5. The van der Waals surface area contributed by atoms with Crippen LogP contribution in [0.2, 0.25) is 0 Å². The monoisotopic (exact) mass is 407 g/mol. The Morgan fingerprint density at radius 1 is 1.10 bits per heavy atom. The lowest BCUT2D eigenvalue weighted by Crippen LogP contribution is -2.48. The van der Waals surface area contributed by atoms with Crippen LogP contribution in [-0.2, 0) is 4.79 Å². The van der Waals surface area contributed by atoms with Gasteiger partial charge in [-0.1, -0.05) is 23.5 Å². The maximum atomic E-state index is 12.5. The van der Waals surface area contributed by atoms with Gasteiger partial charge in [0.2, 0.25) is 5.91 Å². The van der Waals surface area contributed by atoms with Crippen molar-refractivity contribution in [2.75, 3.05) is 38.1 Å². The zero-order valence-corrected chi connectivity index (χ0v) is 16.9. The van der Waals surface area contributed by atoms with Gasteiger partial charge in [0.1, 0.15) is 10.3 Å². The molecule has 1 saturated heterocycles. The Hall–Kier alpha value is -3.26. The Morgan fingerprint density at radius 3 is 2.55 bits per heavy atom. The van der Waals surface area contributed by atoms with Crippen LogP contribution < -0.4 is 10.2 Å². The van der Waals surface area contributed by atoms with E-state index in [0.717, 1.165) is 34.1 Å².